The van der Waals surface area contributed by atoms with E-state index in [2.05, 4.69) is 35.5 Å². The van der Waals surface area contributed by atoms with E-state index in [4.69, 9.17) is 10.5 Å². The number of hydrogen-bond acceptors (Lipinski definition) is 5. The lowest BCUT2D eigenvalue weighted by molar-refractivity contribution is 0.0854. The molecule has 1 aromatic heterocycles. The van der Waals surface area contributed by atoms with Crippen molar-refractivity contribution in [3.8, 4) is 0 Å². The molecule has 0 saturated heterocycles. The first kappa shape index (κ1) is 15.2. The number of nitrogen functional groups attached to an aromatic ring is 1. The van der Waals surface area contributed by atoms with Gasteiger partial charge in [0.1, 0.15) is 5.82 Å². The predicted molar refractivity (Wildman–Crippen MR) is 92.3 cm³/mol. The van der Waals surface area contributed by atoms with Gasteiger partial charge in [0.25, 0.3) is 5.91 Å². The fourth-order valence-corrected chi connectivity index (χ4v) is 3.60. The van der Waals surface area contributed by atoms with E-state index in [9.17, 15) is 4.79 Å². The van der Waals surface area contributed by atoms with Crippen LogP contribution < -0.4 is 11.1 Å². The molecular formula is C18H22N4O2. The number of rotatable bonds is 2. The number of nitrogens with one attached hydrogen (secondary N) is 1. The summed E-state index contributed by atoms with van der Waals surface area (Å²) < 4.78 is 6.82. The summed E-state index contributed by atoms with van der Waals surface area (Å²) in [6.45, 7) is 3.96. The van der Waals surface area contributed by atoms with E-state index in [1.165, 1.54) is 10.2 Å². The van der Waals surface area contributed by atoms with Gasteiger partial charge in [-0.3, -0.25) is 4.79 Å². The van der Waals surface area contributed by atoms with Crippen molar-refractivity contribution >= 4 is 17.4 Å². The van der Waals surface area contributed by atoms with E-state index >= 15 is 0 Å². The Balaban J connectivity index is 1.73. The average molecular weight is 326 g/mol. The molecule has 2 aliphatic heterocycles. The molecule has 1 aromatic carbocycles. The zero-order valence-electron chi connectivity index (χ0n) is 13.8. The van der Waals surface area contributed by atoms with Gasteiger partial charge < -0.3 is 15.8 Å². The number of fused-ring (bicyclic) bond motifs is 2. The third kappa shape index (κ3) is 2.38. The van der Waals surface area contributed by atoms with Crippen molar-refractivity contribution in [2.24, 2.45) is 0 Å². The molecule has 4 rings (SSSR count). The average Bonchev–Trinajstić information content (AvgIpc) is 2.97. The Hall–Kier alpha value is -2.34. The Morgan fingerprint density at radius 3 is 3.17 bits per heavy atom. The fraction of sp³-hybridized carbons (Fsp3) is 0.444. The Kier molecular flexibility index (Phi) is 3.76. The molecule has 0 amide bonds. The number of aryl methyl sites for hydroxylation is 1. The summed E-state index contributed by atoms with van der Waals surface area (Å²) >= 11 is 0. The number of nitrogens with two attached hydrogens (primary N) is 1. The standard InChI is InChI=1S/C18H22N4O2/c1-2-11-3-4-15-14(9-11)12(5-7-20-15)18(23)22-17(19)13-6-8-24-10-16(13)21-22/h3-4,9,12,20H,2,5-8,10,19H2,1H3. The second-order valence-corrected chi connectivity index (χ2v) is 6.41. The molecule has 6 heteroatoms. The molecule has 0 radical (unpaired) electrons. The number of anilines is 2. The Morgan fingerprint density at radius 2 is 2.38 bits per heavy atom. The molecule has 1 unspecified atom stereocenters. The molecule has 126 valence electrons. The largest absolute Gasteiger partial charge is 0.385 e. The van der Waals surface area contributed by atoms with E-state index in [0.717, 1.165) is 48.3 Å². The van der Waals surface area contributed by atoms with Crippen molar-refractivity contribution in [2.45, 2.75) is 38.7 Å². The van der Waals surface area contributed by atoms with Crippen molar-refractivity contribution in [3.05, 3.63) is 40.6 Å². The van der Waals surface area contributed by atoms with Gasteiger partial charge in [-0.1, -0.05) is 19.1 Å². The molecule has 24 heavy (non-hydrogen) atoms. The molecule has 0 spiro atoms. The summed E-state index contributed by atoms with van der Waals surface area (Å²) in [5, 5.41) is 7.82. The van der Waals surface area contributed by atoms with Gasteiger partial charge in [-0.25, -0.2) is 0 Å². The number of benzene rings is 1. The minimum absolute atomic E-state index is 0.0436. The van der Waals surface area contributed by atoms with Crippen molar-refractivity contribution in [2.75, 3.05) is 24.2 Å². The lowest BCUT2D eigenvalue weighted by Crippen LogP contribution is -2.28. The van der Waals surface area contributed by atoms with Crippen molar-refractivity contribution in [1.82, 2.24) is 9.78 Å². The third-order valence-corrected chi connectivity index (χ3v) is 5.00. The van der Waals surface area contributed by atoms with Crippen LogP contribution in [0.1, 0.15) is 46.4 Å². The molecule has 6 nitrogen and oxygen atoms in total. The Labute approximate surface area is 141 Å². The topological polar surface area (TPSA) is 82.2 Å². The summed E-state index contributed by atoms with van der Waals surface area (Å²) in [7, 11) is 0. The van der Waals surface area contributed by atoms with Gasteiger partial charge in [-0.05, 0) is 30.0 Å². The fourth-order valence-electron chi connectivity index (χ4n) is 3.60. The van der Waals surface area contributed by atoms with Gasteiger partial charge in [-0.15, -0.1) is 0 Å². The maximum Gasteiger partial charge on any atom is 0.256 e. The smallest absolute Gasteiger partial charge is 0.256 e. The van der Waals surface area contributed by atoms with Gasteiger partial charge in [0.15, 0.2) is 0 Å². The van der Waals surface area contributed by atoms with E-state index in [1.807, 2.05) is 0 Å². The minimum atomic E-state index is -0.211. The summed E-state index contributed by atoms with van der Waals surface area (Å²) in [6.07, 6.45) is 2.42. The van der Waals surface area contributed by atoms with E-state index in [0.29, 0.717) is 19.0 Å². The summed E-state index contributed by atoms with van der Waals surface area (Å²) in [5.41, 5.74) is 11.3. The predicted octanol–water partition coefficient (Wildman–Crippen LogP) is 2.34. The highest BCUT2D eigenvalue weighted by Crippen LogP contribution is 2.35. The van der Waals surface area contributed by atoms with Gasteiger partial charge in [-0.2, -0.15) is 9.78 Å². The quantitative estimate of drug-likeness (QED) is 0.885. The second-order valence-electron chi connectivity index (χ2n) is 6.41. The minimum Gasteiger partial charge on any atom is -0.385 e. The van der Waals surface area contributed by atoms with Crippen molar-refractivity contribution in [1.29, 1.82) is 0 Å². The Bertz CT molecular complexity index is 797. The van der Waals surface area contributed by atoms with Crippen molar-refractivity contribution < 1.29 is 9.53 Å². The number of hydrogen-bond donors (Lipinski definition) is 2. The van der Waals surface area contributed by atoms with E-state index in [1.54, 1.807) is 0 Å². The lowest BCUT2D eigenvalue weighted by Gasteiger charge is -2.26. The molecule has 3 heterocycles. The van der Waals surface area contributed by atoms with E-state index < -0.39 is 0 Å². The monoisotopic (exact) mass is 326 g/mol. The van der Waals surface area contributed by atoms with Crippen LogP contribution >= 0.6 is 0 Å². The van der Waals surface area contributed by atoms with Crippen LogP contribution in [0.25, 0.3) is 0 Å². The molecule has 0 saturated carbocycles. The highest BCUT2D eigenvalue weighted by atomic mass is 16.5. The molecule has 0 fully saturated rings. The first-order valence-corrected chi connectivity index (χ1v) is 8.54. The second kappa shape index (κ2) is 5.94. The van der Waals surface area contributed by atoms with Crippen LogP contribution in [0.5, 0.6) is 0 Å². The van der Waals surface area contributed by atoms with E-state index in [-0.39, 0.29) is 11.8 Å². The highest BCUT2D eigenvalue weighted by Gasteiger charge is 2.31. The summed E-state index contributed by atoms with van der Waals surface area (Å²) in [4.78, 5) is 13.2. The molecule has 0 bridgehead atoms. The van der Waals surface area contributed by atoms with Crippen LogP contribution in [-0.4, -0.2) is 28.8 Å². The number of nitrogens with zero attached hydrogens (tertiary/aromatic N) is 2. The number of carbonyl (C=O) groups is 1. The van der Waals surface area contributed by atoms with Gasteiger partial charge in [0, 0.05) is 24.2 Å². The molecule has 0 aliphatic carbocycles. The van der Waals surface area contributed by atoms with Crippen LogP contribution in [0.15, 0.2) is 18.2 Å². The van der Waals surface area contributed by atoms with Gasteiger partial charge in [0.2, 0.25) is 0 Å². The zero-order chi connectivity index (χ0) is 16.7. The lowest BCUT2D eigenvalue weighted by atomic mass is 9.88. The summed E-state index contributed by atoms with van der Waals surface area (Å²) in [5.74, 6) is 0.222. The number of ether oxygens (including phenoxy) is 1. The number of aromatic nitrogens is 2. The normalized spacial score (nSPS) is 19.3. The third-order valence-electron chi connectivity index (χ3n) is 5.00. The van der Waals surface area contributed by atoms with Gasteiger partial charge >= 0.3 is 0 Å². The first-order chi connectivity index (χ1) is 11.7. The maximum absolute atomic E-state index is 13.2. The molecule has 1 atom stereocenters. The van der Waals surface area contributed by atoms with Crippen LogP contribution in [0.4, 0.5) is 11.5 Å². The van der Waals surface area contributed by atoms with Gasteiger partial charge in [0.05, 0.1) is 24.8 Å². The van der Waals surface area contributed by atoms with Crippen LogP contribution in [0.2, 0.25) is 0 Å². The molecule has 3 N–H and O–H groups in total. The SMILES string of the molecule is CCc1ccc2c(c1)C(C(=O)n1nc3c(c1N)CCOC3)CCN2. The molecule has 2 aliphatic rings. The molecular weight excluding hydrogens is 304 g/mol. The van der Waals surface area contributed by atoms with Crippen LogP contribution in [0, 0.1) is 0 Å². The highest BCUT2D eigenvalue weighted by molar-refractivity contribution is 5.90. The first-order valence-electron chi connectivity index (χ1n) is 8.54. The Morgan fingerprint density at radius 1 is 1.50 bits per heavy atom. The zero-order valence-corrected chi connectivity index (χ0v) is 13.8. The van der Waals surface area contributed by atoms with Crippen LogP contribution in [0.3, 0.4) is 0 Å². The molecule has 2 aromatic rings. The number of carbonyl (C=O) groups excluding carboxylic acids is 1. The van der Waals surface area contributed by atoms with Crippen molar-refractivity contribution in [3.63, 3.8) is 0 Å². The maximum atomic E-state index is 13.2. The summed E-state index contributed by atoms with van der Waals surface area (Å²) in [6, 6.07) is 6.31. The van der Waals surface area contributed by atoms with Crippen LogP contribution in [-0.2, 0) is 24.2 Å².